The van der Waals surface area contributed by atoms with Gasteiger partial charge in [0.25, 0.3) is 0 Å². The fraction of sp³-hybridized carbons (Fsp3) is 0.300. The summed E-state index contributed by atoms with van der Waals surface area (Å²) in [6.45, 7) is 3.63. The van der Waals surface area contributed by atoms with E-state index in [9.17, 15) is 9.90 Å². The third kappa shape index (κ3) is 1.87. The summed E-state index contributed by atoms with van der Waals surface area (Å²) < 4.78 is 0. The molecule has 1 aromatic rings. The molecule has 0 radical (unpaired) electrons. The molecule has 1 rings (SSSR count). The minimum absolute atomic E-state index is 0.0259. The molecule has 0 heterocycles. The van der Waals surface area contributed by atoms with Gasteiger partial charge in [-0.25, -0.2) is 0 Å². The highest BCUT2D eigenvalue weighted by Crippen LogP contribution is 2.21. The molecule has 3 heteroatoms. The first-order valence-corrected chi connectivity index (χ1v) is 4.09. The van der Waals surface area contributed by atoms with Crippen molar-refractivity contribution < 1.29 is 9.90 Å². The predicted molar refractivity (Wildman–Crippen MR) is 51.0 cm³/mol. The van der Waals surface area contributed by atoms with Gasteiger partial charge in [-0.05, 0) is 37.1 Å². The number of benzene rings is 1. The van der Waals surface area contributed by atoms with Gasteiger partial charge < -0.3 is 10.8 Å². The topological polar surface area (TPSA) is 63.3 Å². The molecule has 0 bridgehead atoms. The van der Waals surface area contributed by atoms with Gasteiger partial charge in [-0.1, -0.05) is 0 Å². The highest BCUT2D eigenvalue weighted by Gasteiger charge is 2.07. The fourth-order valence-electron chi connectivity index (χ4n) is 1.12. The Kier molecular flexibility index (Phi) is 2.68. The zero-order valence-electron chi connectivity index (χ0n) is 7.79. The number of aryl methyl sites for hydroxylation is 1. The maximum Gasteiger partial charge on any atom is 0.176 e. The molecule has 0 saturated carbocycles. The number of carbonyl (C=O) groups excluding carboxylic acids is 1. The number of hydrogen-bond donors (Lipinski definition) is 2. The van der Waals surface area contributed by atoms with E-state index in [0.29, 0.717) is 5.56 Å². The molecule has 0 aliphatic carbocycles. The molecule has 0 aromatic heterocycles. The molecule has 0 fully saturated rings. The summed E-state index contributed by atoms with van der Waals surface area (Å²) in [4.78, 5) is 11.2. The van der Waals surface area contributed by atoms with Crippen LogP contribution >= 0.6 is 0 Å². The molecule has 0 aliphatic heterocycles. The number of phenols is 1. The van der Waals surface area contributed by atoms with Crippen molar-refractivity contribution in [3.8, 4) is 5.75 Å². The summed E-state index contributed by atoms with van der Waals surface area (Å²) in [6, 6.07) is 3.20. The summed E-state index contributed by atoms with van der Waals surface area (Å²) in [6.07, 6.45) is 0. The van der Waals surface area contributed by atoms with Crippen LogP contribution in [0, 0.1) is 13.8 Å². The number of rotatable bonds is 2. The molecule has 0 aliphatic rings. The van der Waals surface area contributed by atoms with Crippen LogP contribution in [0.2, 0.25) is 0 Å². The Morgan fingerprint density at radius 2 is 2.08 bits per heavy atom. The van der Waals surface area contributed by atoms with Crippen LogP contribution in [0.4, 0.5) is 0 Å². The van der Waals surface area contributed by atoms with E-state index in [1.54, 1.807) is 13.0 Å². The molecular weight excluding hydrogens is 166 g/mol. The van der Waals surface area contributed by atoms with Crippen molar-refractivity contribution in [2.24, 2.45) is 5.73 Å². The predicted octanol–water partition coefficient (Wildman–Crippen LogP) is 1.15. The Morgan fingerprint density at radius 1 is 1.46 bits per heavy atom. The van der Waals surface area contributed by atoms with Gasteiger partial charge in [0, 0.05) is 5.56 Å². The van der Waals surface area contributed by atoms with Crippen LogP contribution < -0.4 is 5.73 Å². The lowest BCUT2D eigenvalue weighted by Gasteiger charge is -2.05. The number of aromatic hydroxyl groups is 1. The molecule has 3 nitrogen and oxygen atoms in total. The van der Waals surface area contributed by atoms with Crippen molar-refractivity contribution >= 4 is 5.78 Å². The minimum atomic E-state index is -0.154. The number of nitrogens with two attached hydrogens (primary N) is 1. The molecular formula is C10H13NO2. The third-order valence-electron chi connectivity index (χ3n) is 2.15. The number of hydrogen-bond acceptors (Lipinski definition) is 3. The number of phenolic OH excluding ortho intramolecular Hbond substituents is 1. The average Bonchev–Trinajstić information content (AvgIpc) is 2.12. The molecule has 3 N–H and O–H groups in total. The normalized spacial score (nSPS) is 10.1. The van der Waals surface area contributed by atoms with Crippen molar-refractivity contribution in [3.05, 3.63) is 28.8 Å². The standard InChI is InChI=1S/C10H13NO2/c1-6-3-8(10(13)5-11)4-9(12)7(6)2/h3-4,12H,5,11H2,1-2H3. The Morgan fingerprint density at radius 3 is 2.54 bits per heavy atom. The number of carbonyl (C=O) groups is 1. The van der Waals surface area contributed by atoms with Crippen molar-refractivity contribution in [1.29, 1.82) is 0 Å². The fourth-order valence-corrected chi connectivity index (χ4v) is 1.12. The molecule has 1 aromatic carbocycles. The molecule has 0 spiro atoms. The molecule has 70 valence electrons. The van der Waals surface area contributed by atoms with Crippen LogP contribution in [-0.4, -0.2) is 17.4 Å². The first-order valence-electron chi connectivity index (χ1n) is 4.09. The molecule has 0 atom stereocenters. The van der Waals surface area contributed by atoms with E-state index in [1.165, 1.54) is 6.07 Å². The van der Waals surface area contributed by atoms with Crippen molar-refractivity contribution in [2.75, 3.05) is 6.54 Å². The molecule has 13 heavy (non-hydrogen) atoms. The van der Waals surface area contributed by atoms with Crippen LogP contribution in [0.25, 0.3) is 0 Å². The van der Waals surface area contributed by atoms with Crippen LogP contribution in [0.1, 0.15) is 21.5 Å². The Bertz CT molecular complexity index is 322. The van der Waals surface area contributed by atoms with Gasteiger partial charge in [0.15, 0.2) is 5.78 Å². The zero-order valence-corrected chi connectivity index (χ0v) is 7.79. The largest absolute Gasteiger partial charge is 0.508 e. The van der Waals surface area contributed by atoms with Crippen molar-refractivity contribution in [1.82, 2.24) is 0 Å². The lowest BCUT2D eigenvalue weighted by molar-refractivity contribution is 0.100. The van der Waals surface area contributed by atoms with Crippen LogP contribution in [0.15, 0.2) is 12.1 Å². The zero-order chi connectivity index (χ0) is 10.0. The highest BCUT2D eigenvalue weighted by molar-refractivity contribution is 5.98. The van der Waals surface area contributed by atoms with Gasteiger partial charge in [0.2, 0.25) is 0 Å². The summed E-state index contributed by atoms with van der Waals surface area (Å²) in [7, 11) is 0. The van der Waals surface area contributed by atoms with E-state index in [0.717, 1.165) is 11.1 Å². The molecule has 0 unspecified atom stereocenters. The maximum absolute atomic E-state index is 11.2. The SMILES string of the molecule is Cc1cc(C(=O)CN)cc(O)c1C. The highest BCUT2D eigenvalue weighted by atomic mass is 16.3. The second-order valence-electron chi connectivity index (χ2n) is 3.06. The Hall–Kier alpha value is -1.35. The number of Topliss-reactive ketones (excluding diaryl/α,β-unsaturated/α-hetero) is 1. The van der Waals surface area contributed by atoms with E-state index in [4.69, 9.17) is 5.73 Å². The molecule has 0 saturated heterocycles. The second kappa shape index (κ2) is 3.58. The van der Waals surface area contributed by atoms with E-state index in [2.05, 4.69) is 0 Å². The Balaban J connectivity index is 3.20. The monoisotopic (exact) mass is 179 g/mol. The second-order valence-corrected chi connectivity index (χ2v) is 3.06. The summed E-state index contributed by atoms with van der Waals surface area (Å²) in [5.41, 5.74) is 7.39. The smallest absolute Gasteiger partial charge is 0.176 e. The summed E-state index contributed by atoms with van der Waals surface area (Å²) in [5.74, 6) is -0.00444. The first kappa shape index (κ1) is 9.74. The van der Waals surface area contributed by atoms with E-state index in [-0.39, 0.29) is 18.1 Å². The maximum atomic E-state index is 11.2. The van der Waals surface area contributed by atoms with E-state index < -0.39 is 0 Å². The van der Waals surface area contributed by atoms with Gasteiger partial charge in [0.05, 0.1) is 6.54 Å². The van der Waals surface area contributed by atoms with Gasteiger partial charge in [-0.3, -0.25) is 4.79 Å². The quantitative estimate of drug-likeness (QED) is 0.669. The van der Waals surface area contributed by atoms with Gasteiger partial charge in [-0.2, -0.15) is 0 Å². The van der Waals surface area contributed by atoms with Crippen molar-refractivity contribution in [3.63, 3.8) is 0 Å². The average molecular weight is 179 g/mol. The summed E-state index contributed by atoms with van der Waals surface area (Å²) in [5, 5.41) is 9.43. The summed E-state index contributed by atoms with van der Waals surface area (Å²) >= 11 is 0. The van der Waals surface area contributed by atoms with Crippen LogP contribution in [0.3, 0.4) is 0 Å². The van der Waals surface area contributed by atoms with Gasteiger partial charge >= 0.3 is 0 Å². The lowest BCUT2D eigenvalue weighted by Crippen LogP contribution is -2.13. The lowest BCUT2D eigenvalue weighted by atomic mass is 10.0. The van der Waals surface area contributed by atoms with Crippen LogP contribution in [-0.2, 0) is 0 Å². The van der Waals surface area contributed by atoms with Crippen LogP contribution in [0.5, 0.6) is 5.75 Å². The minimum Gasteiger partial charge on any atom is -0.508 e. The van der Waals surface area contributed by atoms with E-state index >= 15 is 0 Å². The number of ketones is 1. The van der Waals surface area contributed by atoms with Gasteiger partial charge in [-0.15, -0.1) is 0 Å². The first-order chi connectivity index (χ1) is 6.06. The van der Waals surface area contributed by atoms with Gasteiger partial charge in [0.1, 0.15) is 5.75 Å². The Labute approximate surface area is 77.2 Å². The van der Waals surface area contributed by atoms with E-state index in [1.807, 2.05) is 6.92 Å². The third-order valence-corrected chi connectivity index (χ3v) is 2.15. The van der Waals surface area contributed by atoms with Crippen molar-refractivity contribution in [2.45, 2.75) is 13.8 Å². The molecule has 0 amide bonds.